The van der Waals surface area contributed by atoms with Crippen molar-refractivity contribution >= 4 is 17.3 Å². The quantitative estimate of drug-likeness (QED) is 0.900. The van der Waals surface area contributed by atoms with Gasteiger partial charge in [-0.15, -0.1) is 0 Å². The lowest BCUT2D eigenvalue weighted by atomic mass is 10.0. The number of aromatic nitrogens is 1. The molecule has 1 aromatic heterocycles. The molecule has 0 saturated heterocycles. The van der Waals surface area contributed by atoms with E-state index in [1.54, 1.807) is 6.07 Å². The molecular weight excluding hydrogens is 248 g/mol. The smallest absolute Gasteiger partial charge is 0.242 e. The van der Waals surface area contributed by atoms with E-state index in [2.05, 4.69) is 18.8 Å². The Morgan fingerprint density at radius 3 is 2.67 bits per heavy atom. The molecule has 0 bridgehead atoms. The number of para-hydroxylation sites is 1. The van der Waals surface area contributed by atoms with Crippen molar-refractivity contribution in [3.63, 3.8) is 0 Å². The summed E-state index contributed by atoms with van der Waals surface area (Å²) in [6, 6.07) is 9.48. The summed E-state index contributed by atoms with van der Waals surface area (Å²) in [6.45, 7) is 4.22. The molecule has 0 aliphatic rings. The maximum atomic E-state index is 5.82. The van der Waals surface area contributed by atoms with E-state index in [0.29, 0.717) is 22.5 Å². The fourth-order valence-electron chi connectivity index (χ4n) is 1.68. The number of ether oxygens (including phenoxy) is 1. The van der Waals surface area contributed by atoms with Crippen molar-refractivity contribution < 1.29 is 4.74 Å². The molecule has 2 aromatic rings. The van der Waals surface area contributed by atoms with Gasteiger partial charge in [-0.2, -0.15) is 0 Å². The highest BCUT2D eigenvalue weighted by atomic mass is 35.5. The molecule has 0 atom stereocenters. The van der Waals surface area contributed by atoms with Crippen LogP contribution in [-0.4, -0.2) is 4.98 Å². The summed E-state index contributed by atoms with van der Waals surface area (Å²) in [7, 11) is 0. The molecule has 2 rings (SSSR count). The molecule has 0 spiro atoms. The first-order valence-corrected chi connectivity index (χ1v) is 6.13. The molecule has 4 heteroatoms. The molecule has 0 aliphatic carbocycles. The van der Waals surface area contributed by atoms with E-state index >= 15 is 0 Å². The maximum Gasteiger partial charge on any atom is 0.242 e. The predicted octanol–water partition coefficient (Wildman–Crippen LogP) is 4.23. The zero-order chi connectivity index (χ0) is 13.1. The lowest BCUT2D eigenvalue weighted by Gasteiger charge is -2.13. The first kappa shape index (κ1) is 12.7. The van der Waals surface area contributed by atoms with Crippen LogP contribution in [-0.2, 0) is 0 Å². The van der Waals surface area contributed by atoms with E-state index in [1.807, 2.05) is 24.3 Å². The molecule has 0 radical (unpaired) electrons. The number of halogens is 1. The summed E-state index contributed by atoms with van der Waals surface area (Å²) in [5.41, 5.74) is 7.37. The maximum absolute atomic E-state index is 5.82. The van der Waals surface area contributed by atoms with Gasteiger partial charge in [0.25, 0.3) is 0 Å². The monoisotopic (exact) mass is 262 g/mol. The molecule has 0 amide bonds. The molecule has 94 valence electrons. The number of nitrogen functional groups attached to an aromatic ring is 1. The Hall–Kier alpha value is -1.74. The molecule has 2 N–H and O–H groups in total. The Balaban J connectivity index is 2.34. The highest BCUT2D eigenvalue weighted by molar-refractivity contribution is 6.30. The number of hydrogen-bond donors (Lipinski definition) is 1. The summed E-state index contributed by atoms with van der Waals surface area (Å²) in [6.07, 6.45) is 1.52. The van der Waals surface area contributed by atoms with E-state index in [9.17, 15) is 0 Å². The van der Waals surface area contributed by atoms with Crippen LogP contribution in [0.25, 0.3) is 0 Å². The molecule has 0 saturated carbocycles. The van der Waals surface area contributed by atoms with Gasteiger partial charge in [0.05, 0.1) is 10.7 Å². The number of hydrogen-bond acceptors (Lipinski definition) is 3. The van der Waals surface area contributed by atoms with Crippen molar-refractivity contribution in [2.24, 2.45) is 0 Å². The van der Waals surface area contributed by atoms with E-state index in [4.69, 9.17) is 22.1 Å². The fourth-order valence-corrected chi connectivity index (χ4v) is 1.85. The Morgan fingerprint density at radius 1 is 1.28 bits per heavy atom. The predicted molar refractivity (Wildman–Crippen MR) is 74.3 cm³/mol. The third kappa shape index (κ3) is 2.74. The van der Waals surface area contributed by atoms with Crippen molar-refractivity contribution in [2.45, 2.75) is 19.8 Å². The number of benzene rings is 1. The van der Waals surface area contributed by atoms with Crippen LogP contribution in [0.15, 0.2) is 36.5 Å². The number of anilines is 1. The number of rotatable bonds is 3. The zero-order valence-electron chi connectivity index (χ0n) is 10.4. The van der Waals surface area contributed by atoms with Gasteiger partial charge >= 0.3 is 0 Å². The summed E-state index contributed by atoms with van der Waals surface area (Å²) < 4.78 is 5.76. The molecule has 1 aromatic carbocycles. The minimum atomic E-state index is 0.370. The van der Waals surface area contributed by atoms with Gasteiger partial charge in [-0.05, 0) is 23.6 Å². The standard InChI is InChI=1S/C14H15ClN2O/c1-9(2)11-5-3-4-6-13(11)18-14-12(16)7-10(15)8-17-14/h3-9H,16H2,1-2H3. The van der Waals surface area contributed by atoms with Crippen LogP contribution in [0.2, 0.25) is 5.02 Å². The van der Waals surface area contributed by atoms with E-state index in [1.165, 1.54) is 6.20 Å². The van der Waals surface area contributed by atoms with Crippen LogP contribution in [0.1, 0.15) is 25.3 Å². The molecular formula is C14H15ClN2O. The molecule has 0 fully saturated rings. The second-order valence-corrected chi connectivity index (χ2v) is 4.78. The molecule has 0 unspecified atom stereocenters. The minimum Gasteiger partial charge on any atom is -0.437 e. The fraction of sp³-hybridized carbons (Fsp3) is 0.214. The second kappa shape index (κ2) is 5.27. The Bertz CT molecular complexity index is 555. The van der Waals surface area contributed by atoms with Gasteiger partial charge in [-0.1, -0.05) is 43.6 Å². The van der Waals surface area contributed by atoms with Crippen molar-refractivity contribution in [3.8, 4) is 11.6 Å². The first-order valence-electron chi connectivity index (χ1n) is 5.75. The van der Waals surface area contributed by atoms with Crippen molar-refractivity contribution in [3.05, 3.63) is 47.1 Å². The molecule has 0 aliphatic heterocycles. The van der Waals surface area contributed by atoms with Gasteiger partial charge in [0.15, 0.2) is 0 Å². The highest BCUT2D eigenvalue weighted by Crippen LogP contribution is 2.32. The van der Waals surface area contributed by atoms with Crippen molar-refractivity contribution in [1.29, 1.82) is 0 Å². The largest absolute Gasteiger partial charge is 0.437 e. The Morgan fingerprint density at radius 2 is 2.00 bits per heavy atom. The van der Waals surface area contributed by atoms with E-state index in [0.717, 1.165) is 11.3 Å². The zero-order valence-corrected chi connectivity index (χ0v) is 11.1. The summed E-state index contributed by atoms with van der Waals surface area (Å²) in [5, 5.41) is 0.497. The minimum absolute atomic E-state index is 0.370. The molecule has 1 heterocycles. The lowest BCUT2D eigenvalue weighted by molar-refractivity contribution is 0.457. The summed E-state index contributed by atoms with van der Waals surface area (Å²) in [5.74, 6) is 1.52. The van der Waals surface area contributed by atoms with Crippen molar-refractivity contribution in [1.82, 2.24) is 4.98 Å². The van der Waals surface area contributed by atoms with Crippen LogP contribution in [0.3, 0.4) is 0 Å². The van der Waals surface area contributed by atoms with Gasteiger partial charge in [0.1, 0.15) is 5.75 Å². The highest BCUT2D eigenvalue weighted by Gasteiger charge is 2.10. The van der Waals surface area contributed by atoms with Gasteiger partial charge < -0.3 is 10.5 Å². The molecule has 3 nitrogen and oxygen atoms in total. The van der Waals surface area contributed by atoms with Crippen LogP contribution in [0, 0.1) is 0 Å². The van der Waals surface area contributed by atoms with Crippen LogP contribution in [0.4, 0.5) is 5.69 Å². The van der Waals surface area contributed by atoms with Gasteiger partial charge in [0.2, 0.25) is 5.88 Å². The third-order valence-electron chi connectivity index (χ3n) is 2.59. The van der Waals surface area contributed by atoms with Gasteiger partial charge in [-0.25, -0.2) is 4.98 Å². The van der Waals surface area contributed by atoms with Gasteiger partial charge in [0, 0.05) is 6.20 Å². The third-order valence-corrected chi connectivity index (χ3v) is 2.80. The topological polar surface area (TPSA) is 48.1 Å². The van der Waals surface area contributed by atoms with Gasteiger partial charge in [-0.3, -0.25) is 0 Å². The Kier molecular flexibility index (Phi) is 3.72. The van der Waals surface area contributed by atoms with Crippen LogP contribution < -0.4 is 10.5 Å². The normalized spacial score (nSPS) is 10.7. The molecule has 18 heavy (non-hydrogen) atoms. The number of nitrogens with two attached hydrogens (primary N) is 1. The van der Waals surface area contributed by atoms with E-state index in [-0.39, 0.29) is 0 Å². The SMILES string of the molecule is CC(C)c1ccccc1Oc1ncc(Cl)cc1N. The summed E-state index contributed by atoms with van der Waals surface area (Å²) in [4.78, 5) is 4.09. The second-order valence-electron chi connectivity index (χ2n) is 4.34. The number of nitrogens with zero attached hydrogens (tertiary/aromatic N) is 1. The average molecular weight is 263 g/mol. The summed E-state index contributed by atoms with van der Waals surface area (Å²) >= 11 is 5.80. The van der Waals surface area contributed by atoms with Crippen LogP contribution >= 0.6 is 11.6 Å². The van der Waals surface area contributed by atoms with Crippen LogP contribution in [0.5, 0.6) is 11.6 Å². The number of pyridine rings is 1. The first-order chi connectivity index (χ1) is 8.58. The van der Waals surface area contributed by atoms with Crippen molar-refractivity contribution in [2.75, 3.05) is 5.73 Å². The Labute approximate surface area is 112 Å². The lowest BCUT2D eigenvalue weighted by Crippen LogP contribution is -1.98. The average Bonchev–Trinajstić information content (AvgIpc) is 2.33. The van der Waals surface area contributed by atoms with E-state index < -0.39 is 0 Å².